The summed E-state index contributed by atoms with van der Waals surface area (Å²) < 4.78 is 19.2. The highest BCUT2D eigenvalue weighted by molar-refractivity contribution is 6.06. The van der Waals surface area contributed by atoms with Crippen molar-refractivity contribution in [1.29, 1.82) is 0 Å². The molecule has 9 nitrogen and oxygen atoms in total. The number of rotatable bonds is 9. The molecule has 39 heavy (non-hydrogen) atoms. The Bertz CT molecular complexity index is 1510. The van der Waals surface area contributed by atoms with E-state index in [1.54, 1.807) is 23.9 Å². The van der Waals surface area contributed by atoms with Crippen LogP contribution in [0.25, 0.3) is 0 Å². The Labute approximate surface area is 227 Å². The molecule has 0 bridgehead atoms. The van der Waals surface area contributed by atoms with Gasteiger partial charge in [0.25, 0.3) is 5.91 Å². The van der Waals surface area contributed by atoms with Crippen LogP contribution in [0.3, 0.4) is 0 Å². The maximum Gasteiger partial charge on any atom is 0.255 e. The number of hydrogen-bond acceptors (Lipinski definition) is 7. The number of allylic oxidation sites excluding steroid dienone is 1. The lowest BCUT2D eigenvalue weighted by Gasteiger charge is -2.29. The number of nitrogens with one attached hydrogen (secondary N) is 2. The number of nitrogens with zero attached hydrogens (tertiary/aromatic N) is 3. The monoisotopic (exact) mass is 525 g/mol. The van der Waals surface area contributed by atoms with E-state index >= 15 is 0 Å². The first-order chi connectivity index (χ1) is 19.0. The van der Waals surface area contributed by atoms with Gasteiger partial charge in [-0.2, -0.15) is 10.1 Å². The van der Waals surface area contributed by atoms with Gasteiger partial charge in [0.05, 0.1) is 25.0 Å². The Kier molecular flexibility index (Phi) is 7.49. The lowest BCUT2D eigenvalue weighted by molar-refractivity contribution is -0.113. The maximum absolute atomic E-state index is 13.7. The van der Waals surface area contributed by atoms with E-state index in [9.17, 15) is 4.79 Å². The standard InChI is InChI=1S/C30H31N5O4/c1-5-38-26-16-22(14-15-25(26)39-17-21-12-10-19(2)11-13-21)28-27(20(3)33-30-31-18-32-35(28)30)29(36)34-23-8-6-7-9-24(23)37-4/h6-16,18,28H,5,17H2,1-4H3,(H,34,36)(H,31,32,33)/t28-/m0/s1. The van der Waals surface area contributed by atoms with Crippen LogP contribution in [0, 0.1) is 6.92 Å². The number of amides is 1. The summed E-state index contributed by atoms with van der Waals surface area (Å²) in [5.41, 5.74) is 4.80. The molecule has 0 radical (unpaired) electrons. The number of fused-ring (bicyclic) bond motifs is 1. The fourth-order valence-electron chi connectivity index (χ4n) is 4.56. The number of methoxy groups -OCH3 is 1. The second-order valence-electron chi connectivity index (χ2n) is 9.16. The molecule has 9 heteroatoms. The van der Waals surface area contributed by atoms with E-state index in [-0.39, 0.29) is 5.91 Å². The van der Waals surface area contributed by atoms with Gasteiger partial charge in [-0.25, -0.2) is 4.68 Å². The molecule has 0 unspecified atom stereocenters. The van der Waals surface area contributed by atoms with Crippen molar-refractivity contribution < 1.29 is 19.0 Å². The molecule has 200 valence electrons. The van der Waals surface area contributed by atoms with Gasteiger partial charge in [-0.05, 0) is 56.2 Å². The zero-order chi connectivity index (χ0) is 27.4. The summed E-state index contributed by atoms with van der Waals surface area (Å²) in [6.45, 7) is 6.70. The van der Waals surface area contributed by atoms with Crippen molar-refractivity contribution in [2.75, 3.05) is 24.4 Å². The van der Waals surface area contributed by atoms with Crippen LogP contribution in [-0.4, -0.2) is 34.4 Å². The van der Waals surface area contributed by atoms with Crippen LogP contribution in [-0.2, 0) is 11.4 Å². The Balaban J connectivity index is 1.49. The van der Waals surface area contributed by atoms with Crippen LogP contribution in [0.2, 0.25) is 0 Å². The molecule has 4 aromatic rings. The molecule has 5 rings (SSSR count). The summed E-state index contributed by atoms with van der Waals surface area (Å²) in [7, 11) is 1.57. The van der Waals surface area contributed by atoms with Crippen molar-refractivity contribution in [2.45, 2.75) is 33.4 Å². The summed E-state index contributed by atoms with van der Waals surface area (Å²) in [6.07, 6.45) is 1.46. The maximum atomic E-state index is 13.7. The van der Waals surface area contributed by atoms with Crippen LogP contribution >= 0.6 is 0 Å². The molecule has 1 aromatic heterocycles. The number of ether oxygens (including phenoxy) is 3. The number of benzene rings is 3. The van der Waals surface area contributed by atoms with E-state index in [0.717, 1.165) is 11.1 Å². The zero-order valence-corrected chi connectivity index (χ0v) is 22.4. The Morgan fingerprint density at radius 2 is 1.79 bits per heavy atom. The summed E-state index contributed by atoms with van der Waals surface area (Å²) in [6, 6.07) is 20.7. The molecule has 1 amide bonds. The van der Waals surface area contributed by atoms with Gasteiger partial charge < -0.3 is 24.8 Å². The van der Waals surface area contributed by atoms with E-state index in [1.807, 2.05) is 56.3 Å². The molecular formula is C30H31N5O4. The number of para-hydroxylation sites is 2. The average molecular weight is 526 g/mol. The fraction of sp³-hybridized carbons (Fsp3) is 0.233. The minimum Gasteiger partial charge on any atom is -0.495 e. The fourth-order valence-corrected chi connectivity index (χ4v) is 4.56. The normalized spacial score (nSPS) is 14.3. The number of aryl methyl sites for hydroxylation is 1. The number of carbonyl (C=O) groups is 1. The van der Waals surface area contributed by atoms with Crippen LogP contribution in [0.4, 0.5) is 11.6 Å². The summed E-state index contributed by atoms with van der Waals surface area (Å²) >= 11 is 0. The van der Waals surface area contributed by atoms with Gasteiger partial charge >= 0.3 is 0 Å². The van der Waals surface area contributed by atoms with Crippen molar-refractivity contribution in [3.63, 3.8) is 0 Å². The second-order valence-corrected chi connectivity index (χ2v) is 9.16. The minimum atomic E-state index is -0.552. The number of anilines is 2. The SMILES string of the molecule is CCOc1cc([C@H]2C(C(=O)Nc3ccccc3OC)=C(C)Nc3ncnn32)ccc1OCc1ccc(C)cc1. The highest BCUT2D eigenvalue weighted by atomic mass is 16.5. The molecule has 2 N–H and O–H groups in total. The van der Waals surface area contributed by atoms with Crippen molar-refractivity contribution in [2.24, 2.45) is 0 Å². The van der Waals surface area contributed by atoms with Gasteiger partial charge in [0.2, 0.25) is 5.95 Å². The topological polar surface area (TPSA) is 99.5 Å². The number of aromatic nitrogens is 3. The number of hydrogen-bond donors (Lipinski definition) is 2. The molecule has 1 aliphatic heterocycles. The third kappa shape index (κ3) is 5.43. The zero-order valence-electron chi connectivity index (χ0n) is 22.4. The van der Waals surface area contributed by atoms with Gasteiger partial charge in [0, 0.05) is 5.70 Å². The molecular weight excluding hydrogens is 494 g/mol. The van der Waals surface area contributed by atoms with Crippen LogP contribution in [0.5, 0.6) is 17.2 Å². The summed E-state index contributed by atoms with van der Waals surface area (Å²) in [4.78, 5) is 18.1. The Morgan fingerprint density at radius 1 is 1.00 bits per heavy atom. The Hall–Kier alpha value is -4.79. The summed E-state index contributed by atoms with van der Waals surface area (Å²) in [5, 5.41) is 10.6. The van der Waals surface area contributed by atoms with Gasteiger partial charge in [-0.1, -0.05) is 48.0 Å². The highest BCUT2D eigenvalue weighted by Gasteiger charge is 2.34. The van der Waals surface area contributed by atoms with Crippen LogP contribution in [0.1, 0.15) is 36.6 Å². The molecule has 0 aliphatic carbocycles. The first kappa shape index (κ1) is 25.8. The quantitative estimate of drug-likeness (QED) is 0.298. The average Bonchev–Trinajstić information content (AvgIpc) is 3.41. The predicted molar refractivity (Wildman–Crippen MR) is 149 cm³/mol. The van der Waals surface area contributed by atoms with Crippen molar-refractivity contribution >= 4 is 17.5 Å². The molecule has 2 heterocycles. The molecule has 0 fully saturated rings. The van der Waals surface area contributed by atoms with Crippen molar-refractivity contribution in [3.8, 4) is 17.2 Å². The first-order valence-electron chi connectivity index (χ1n) is 12.7. The van der Waals surface area contributed by atoms with Crippen LogP contribution in [0.15, 0.2) is 84.3 Å². The van der Waals surface area contributed by atoms with E-state index in [1.165, 1.54) is 11.9 Å². The van der Waals surface area contributed by atoms with Gasteiger partial charge in [0.15, 0.2) is 11.5 Å². The second kappa shape index (κ2) is 11.3. The third-order valence-corrected chi connectivity index (χ3v) is 6.49. The summed E-state index contributed by atoms with van der Waals surface area (Å²) in [5.74, 6) is 2.04. The van der Waals surface area contributed by atoms with Crippen LogP contribution < -0.4 is 24.8 Å². The van der Waals surface area contributed by atoms with Crippen molar-refractivity contribution in [1.82, 2.24) is 14.8 Å². The predicted octanol–water partition coefficient (Wildman–Crippen LogP) is 5.50. The molecule has 0 saturated heterocycles. The van der Waals surface area contributed by atoms with Gasteiger partial charge in [-0.3, -0.25) is 4.79 Å². The molecule has 1 aliphatic rings. The van der Waals surface area contributed by atoms with E-state index in [2.05, 4.69) is 39.8 Å². The third-order valence-electron chi connectivity index (χ3n) is 6.49. The molecule has 1 atom stereocenters. The van der Waals surface area contributed by atoms with E-state index in [4.69, 9.17) is 14.2 Å². The Morgan fingerprint density at radius 3 is 2.56 bits per heavy atom. The number of carbonyl (C=O) groups excluding carboxylic acids is 1. The van der Waals surface area contributed by atoms with Gasteiger partial charge in [-0.15, -0.1) is 0 Å². The lowest BCUT2D eigenvalue weighted by atomic mass is 9.94. The largest absolute Gasteiger partial charge is 0.495 e. The smallest absolute Gasteiger partial charge is 0.255 e. The first-order valence-corrected chi connectivity index (χ1v) is 12.7. The lowest BCUT2D eigenvalue weighted by Crippen LogP contribution is -2.31. The van der Waals surface area contributed by atoms with Gasteiger partial charge in [0.1, 0.15) is 24.7 Å². The highest BCUT2D eigenvalue weighted by Crippen LogP contribution is 2.39. The molecule has 3 aromatic carbocycles. The minimum absolute atomic E-state index is 0.284. The molecule has 0 saturated carbocycles. The van der Waals surface area contributed by atoms with E-state index < -0.39 is 6.04 Å². The van der Waals surface area contributed by atoms with E-state index in [0.29, 0.717) is 53.4 Å². The van der Waals surface area contributed by atoms with Crippen molar-refractivity contribution in [3.05, 3.63) is 101 Å². The molecule has 0 spiro atoms.